The van der Waals surface area contributed by atoms with Crippen LogP contribution in [0.4, 0.5) is 8.78 Å². The average Bonchev–Trinajstić information content (AvgIpc) is 3.31. The number of alkyl halides is 2. The number of ketones is 1. The molecule has 2 aromatic carbocycles. The Hall–Kier alpha value is -2.96. The largest absolute Gasteiger partial charge is 0.493 e. The first-order valence-corrected chi connectivity index (χ1v) is 8.18. The van der Waals surface area contributed by atoms with Gasteiger partial charge in [0.1, 0.15) is 0 Å². The molecule has 0 radical (unpaired) electrons. The van der Waals surface area contributed by atoms with Crippen LogP contribution in [0.25, 0.3) is 11.0 Å². The van der Waals surface area contributed by atoms with Crippen LogP contribution in [-0.2, 0) is 0 Å². The van der Waals surface area contributed by atoms with E-state index in [1.165, 1.54) is 13.2 Å². The van der Waals surface area contributed by atoms with Crippen molar-refractivity contribution in [3.8, 4) is 11.5 Å². The summed E-state index contributed by atoms with van der Waals surface area (Å²) in [5, 5.41) is 0. The van der Waals surface area contributed by atoms with Crippen LogP contribution in [-0.4, -0.2) is 29.5 Å². The topological polar surface area (TPSA) is 64.2 Å². The summed E-state index contributed by atoms with van der Waals surface area (Å²) in [6.45, 7) is -2.92. The second-order valence-electron chi connectivity index (χ2n) is 6.20. The third kappa shape index (κ3) is 3.00. The van der Waals surface area contributed by atoms with Crippen molar-refractivity contribution in [2.24, 2.45) is 5.92 Å². The molecule has 1 saturated carbocycles. The number of fused-ring (bicyclic) bond motifs is 1. The molecule has 1 aliphatic rings. The lowest BCUT2D eigenvalue weighted by Crippen LogP contribution is -2.06. The molecule has 1 fully saturated rings. The molecule has 1 aliphatic carbocycles. The van der Waals surface area contributed by atoms with E-state index in [1.807, 2.05) is 24.3 Å². The van der Waals surface area contributed by atoms with E-state index in [9.17, 15) is 13.6 Å². The lowest BCUT2D eigenvalue weighted by atomic mass is 10.1. The summed E-state index contributed by atoms with van der Waals surface area (Å²) >= 11 is 0. The van der Waals surface area contributed by atoms with Crippen LogP contribution >= 0.6 is 0 Å². The predicted octanol–water partition coefficient (Wildman–Crippen LogP) is 4.16. The Morgan fingerprint density at radius 2 is 2.04 bits per heavy atom. The third-order valence-electron chi connectivity index (χ3n) is 4.58. The Balaban J connectivity index is 1.53. The molecule has 3 aromatic rings. The van der Waals surface area contributed by atoms with Gasteiger partial charge >= 0.3 is 6.61 Å². The quantitative estimate of drug-likeness (QED) is 0.672. The number of nitrogens with one attached hydrogen (secondary N) is 1. The van der Waals surface area contributed by atoms with E-state index in [-0.39, 0.29) is 29.1 Å². The molecule has 2 unspecified atom stereocenters. The molecule has 7 heteroatoms. The Bertz CT molecular complexity index is 937. The molecular weight excluding hydrogens is 342 g/mol. The molecule has 0 spiro atoms. The molecule has 1 N–H and O–H groups in total. The van der Waals surface area contributed by atoms with Crippen LogP contribution in [0.15, 0.2) is 42.5 Å². The number of H-pyrrole nitrogens is 1. The fourth-order valence-electron chi connectivity index (χ4n) is 3.21. The summed E-state index contributed by atoms with van der Waals surface area (Å²) in [6, 6.07) is 12.2. The van der Waals surface area contributed by atoms with Gasteiger partial charge in [0.25, 0.3) is 0 Å². The third-order valence-corrected chi connectivity index (χ3v) is 4.58. The van der Waals surface area contributed by atoms with Gasteiger partial charge in [-0.15, -0.1) is 0 Å². The van der Waals surface area contributed by atoms with E-state index >= 15 is 0 Å². The lowest BCUT2D eigenvalue weighted by molar-refractivity contribution is -0.0512. The van der Waals surface area contributed by atoms with Gasteiger partial charge in [-0.25, -0.2) is 4.98 Å². The van der Waals surface area contributed by atoms with Crippen molar-refractivity contribution in [1.29, 1.82) is 0 Å². The van der Waals surface area contributed by atoms with Crippen LogP contribution in [0.2, 0.25) is 0 Å². The van der Waals surface area contributed by atoms with Crippen LogP contribution < -0.4 is 9.47 Å². The zero-order valence-electron chi connectivity index (χ0n) is 13.9. The molecule has 1 aromatic heterocycles. The highest BCUT2D eigenvalue weighted by molar-refractivity contribution is 5.99. The highest BCUT2D eigenvalue weighted by Crippen LogP contribution is 2.50. The van der Waals surface area contributed by atoms with Crippen molar-refractivity contribution in [1.82, 2.24) is 9.97 Å². The summed E-state index contributed by atoms with van der Waals surface area (Å²) in [5.74, 6) is 0.352. The van der Waals surface area contributed by atoms with Gasteiger partial charge in [-0.1, -0.05) is 18.2 Å². The fourth-order valence-corrected chi connectivity index (χ4v) is 3.21. The van der Waals surface area contributed by atoms with Gasteiger partial charge in [-0.3, -0.25) is 4.79 Å². The number of para-hydroxylation sites is 2. The van der Waals surface area contributed by atoms with Gasteiger partial charge < -0.3 is 14.5 Å². The minimum atomic E-state index is -2.92. The molecule has 134 valence electrons. The summed E-state index contributed by atoms with van der Waals surface area (Å²) in [6.07, 6.45) is 0.689. The lowest BCUT2D eigenvalue weighted by Gasteiger charge is -2.11. The van der Waals surface area contributed by atoms with Gasteiger partial charge in [0.2, 0.25) is 5.78 Å². The Labute approximate surface area is 148 Å². The van der Waals surface area contributed by atoms with Gasteiger partial charge in [0, 0.05) is 5.92 Å². The summed E-state index contributed by atoms with van der Waals surface area (Å²) < 4.78 is 34.4. The van der Waals surface area contributed by atoms with Crippen molar-refractivity contribution in [2.45, 2.75) is 19.0 Å². The molecule has 2 atom stereocenters. The van der Waals surface area contributed by atoms with Gasteiger partial charge in [-0.2, -0.15) is 8.78 Å². The number of aromatic amines is 1. The zero-order chi connectivity index (χ0) is 18.3. The number of hydrogen-bond donors (Lipinski definition) is 1. The van der Waals surface area contributed by atoms with Crippen molar-refractivity contribution < 1.29 is 23.0 Å². The van der Waals surface area contributed by atoms with Crippen LogP contribution in [0.3, 0.4) is 0 Å². The number of nitrogens with zero attached hydrogens (tertiary/aromatic N) is 1. The Morgan fingerprint density at radius 1 is 1.23 bits per heavy atom. The minimum Gasteiger partial charge on any atom is -0.493 e. The molecule has 26 heavy (non-hydrogen) atoms. The van der Waals surface area contributed by atoms with E-state index in [4.69, 9.17) is 4.74 Å². The molecule has 0 amide bonds. The van der Waals surface area contributed by atoms with E-state index in [1.54, 1.807) is 12.1 Å². The number of rotatable bonds is 6. The second kappa shape index (κ2) is 6.40. The smallest absolute Gasteiger partial charge is 0.387 e. The fraction of sp³-hybridized carbons (Fsp3) is 0.263. The molecular formula is C19H16F2N2O3. The first-order chi connectivity index (χ1) is 12.6. The number of methoxy groups -OCH3 is 1. The van der Waals surface area contributed by atoms with Crippen molar-refractivity contribution in [2.75, 3.05) is 7.11 Å². The monoisotopic (exact) mass is 358 g/mol. The molecule has 0 bridgehead atoms. The minimum absolute atomic E-state index is 0.0187. The standard InChI is InChI=1S/C19H16F2N2O3/c1-25-16-8-10(6-7-15(16)26-19(20)21)11-9-12(11)17(24)18-22-13-4-2-3-5-14(13)23-18/h2-8,11-12,19H,9H2,1H3,(H,22,23). The highest BCUT2D eigenvalue weighted by Gasteiger charge is 2.45. The average molecular weight is 358 g/mol. The maximum atomic E-state index is 12.7. The molecule has 0 aliphatic heterocycles. The number of aromatic nitrogens is 2. The van der Waals surface area contributed by atoms with Gasteiger partial charge in [0.05, 0.1) is 18.1 Å². The summed E-state index contributed by atoms with van der Waals surface area (Å²) in [7, 11) is 1.39. The van der Waals surface area contributed by atoms with Crippen molar-refractivity contribution >= 4 is 16.8 Å². The number of hydrogen-bond acceptors (Lipinski definition) is 4. The van der Waals surface area contributed by atoms with Crippen LogP contribution in [0.1, 0.15) is 28.5 Å². The number of carbonyl (C=O) groups excluding carboxylic acids is 1. The zero-order valence-corrected chi connectivity index (χ0v) is 13.9. The number of halogens is 2. The number of Topliss-reactive ketones (excluding diaryl/α,β-unsaturated/α-hetero) is 1. The number of benzene rings is 2. The summed E-state index contributed by atoms with van der Waals surface area (Å²) in [4.78, 5) is 20.1. The SMILES string of the molecule is COc1cc(C2CC2C(=O)c2nc3ccccc3[nH]2)ccc1OC(F)F. The number of imidazole rings is 1. The van der Waals surface area contributed by atoms with E-state index in [0.717, 1.165) is 16.6 Å². The van der Waals surface area contributed by atoms with E-state index in [0.29, 0.717) is 12.2 Å². The van der Waals surface area contributed by atoms with E-state index in [2.05, 4.69) is 14.7 Å². The predicted molar refractivity (Wildman–Crippen MR) is 90.9 cm³/mol. The molecule has 5 nitrogen and oxygen atoms in total. The van der Waals surface area contributed by atoms with Crippen LogP contribution in [0, 0.1) is 5.92 Å². The normalized spacial score (nSPS) is 18.9. The maximum Gasteiger partial charge on any atom is 0.387 e. The van der Waals surface area contributed by atoms with Gasteiger partial charge in [0.15, 0.2) is 17.3 Å². The summed E-state index contributed by atoms with van der Waals surface area (Å²) in [5.41, 5.74) is 2.43. The molecule has 0 saturated heterocycles. The highest BCUT2D eigenvalue weighted by atomic mass is 19.3. The van der Waals surface area contributed by atoms with Crippen molar-refractivity contribution in [3.05, 3.63) is 53.9 Å². The second-order valence-corrected chi connectivity index (χ2v) is 6.20. The molecule has 4 rings (SSSR count). The first-order valence-electron chi connectivity index (χ1n) is 8.18. The Kier molecular flexibility index (Phi) is 4.06. The Morgan fingerprint density at radius 3 is 2.77 bits per heavy atom. The van der Waals surface area contributed by atoms with E-state index < -0.39 is 6.61 Å². The molecule has 1 heterocycles. The maximum absolute atomic E-state index is 12.7. The first kappa shape index (κ1) is 16.5. The number of carbonyl (C=O) groups is 1. The van der Waals surface area contributed by atoms with Crippen LogP contribution in [0.5, 0.6) is 11.5 Å². The van der Waals surface area contributed by atoms with Crippen molar-refractivity contribution in [3.63, 3.8) is 0 Å². The number of ether oxygens (including phenoxy) is 2. The van der Waals surface area contributed by atoms with Gasteiger partial charge in [-0.05, 0) is 42.2 Å².